The van der Waals surface area contributed by atoms with Crippen molar-refractivity contribution < 1.29 is 52.1 Å². The van der Waals surface area contributed by atoms with Gasteiger partial charge in [0.05, 0.1) is 33.0 Å². The smallest absolute Gasteiger partial charge is 0.188 e. The molecule has 4 fully saturated rings. The third-order valence-corrected chi connectivity index (χ3v) is 11.2. The summed E-state index contributed by atoms with van der Waals surface area (Å²) in [5.41, 5.74) is 4.67. The second-order valence-electron chi connectivity index (χ2n) is 15.3. The van der Waals surface area contributed by atoms with Crippen molar-refractivity contribution in [1.29, 1.82) is 0 Å². The molecule has 0 amide bonds. The molecule has 0 spiro atoms. The lowest BCUT2D eigenvalue weighted by Crippen LogP contribution is -2.67. The van der Waals surface area contributed by atoms with Crippen molar-refractivity contribution in [2.75, 3.05) is 19.8 Å². The highest BCUT2D eigenvalue weighted by Crippen LogP contribution is 2.41. The Morgan fingerprint density at radius 2 is 0.836 bits per heavy atom. The third kappa shape index (κ3) is 10.1. The molecule has 4 heterocycles. The Hall–Kier alpha value is -4.78. The van der Waals surface area contributed by atoms with Gasteiger partial charge in [-0.15, -0.1) is 6.42 Å². The maximum absolute atomic E-state index is 7.17. The number of terminal acetylenes is 1. The number of ether oxygens (including phenoxy) is 11. The van der Waals surface area contributed by atoms with E-state index in [2.05, 4.69) is 5.92 Å². The summed E-state index contributed by atoms with van der Waals surface area (Å²) in [7, 11) is 0. The minimum atomic E-state index is -1.05. The molecular weight excluding hydrogens is 777 g/mol. The van der Waals surface area contributed by atoms with Crippen molar-refractivity contribution in [1.82, 2.24) is 0 Å². The predicted octanol–water partition coefficient (Wildman–Crippen LogP) is 7.46. The van der Waals surface area contributed by atoms with Crippen LogP contribution in [0.5, 0.6) is 0 Å². The molecule has 316 valence electrons. The van der Waals surface area contributed by atoms with Crippen LogP contribution in [-0.4, -0.2) is 81.2 Å². The summed E-state index contributed by atoms with van der Waals surface area (Å²) >= 11 is 0. The van der Waals surface area contributed by atoms with Gasteiger partial charge in [0, 0.05) is 11.1 Å². The van der Waals surface area contributed by atoms with Gasteiger partial charge >= 0.3 is 0 Å². The molecule has 12 atom stereocenters. The van der Waals surface area contributed by atoms with E-state index in [0.29, 0.717) is 0 Å². The topological polar surface area (TPSA) is 102 Å². The molecular formula is C50H50O11. The number of hydrogen-bond donors (Lipinski definition) is 0. The second kappa shape index (κ2) is 20.4. The quantitative estimate of drug-likeness (QED) is 0.0985. The number of benzene rings is 5. The van der Waals surface area contributed by atoms with Crippen LogP contribution in [-0.2, 0) is 71.9 Å². The molecule has 4 aliphatic heterocycles. The summed E-state index contributed by atoms with van der Waals surface area (Å²) in [5, 5.41) is 0. The highest BCUT2D eigenvalue weighted by atomic mass is 16.8. The molecule has 11 heteroatoms. The van der Waals surface area contributed by atoms with E-state index >= 15 is 0 Å². The van der Waals surface area contributed by atoms with Crippen LogP contribution < -0.4 is 0 Å². The van der Waals surface area contributed by atoms with Crippen molar-refractivity contribution in [2.45, 2.75) is 93.8 Å². The van der Waals surface area contributed by atoms with Crippen LogP contribution in [0.3, 0.4) is 0 Å². The van der Waals surface area contributed by atoms with E-state index < -0.39 is 74.0 Å². The van der Waals surface area contributed by atoms with Crippen molar-refractivity contribution in [3.05, 3.63) is 179 Å². The van der Waals surface area contributed by atoms with E-state index in [1.807, 2.05) is 152 Å². The zero-order valence-electron chi connectivity index (χ0n) is 33.7. The summed E-state index contributed by atoms with van der Waals surface area (Å²) in [5.74, 6) is 2.58. The van der Waals surface area contributed by atoms with Gasteiger partial charge in [-0.25, -0.2) is 0 Å². The Morgan fingerprint density at radius 3 is 1.28 bits per heavy atom. The van der Waals surface area contributed by atoms with Gasteiger partial charge in [0.25, 0.3) is 0 Å². The maximum atomic E-state index is 7.17. The molecule has 0 bridgehead atoms. The van der Waals surface area contributed by atoms with Gasteiger partial charge in [-0.1, -0.05) is 158 Å². The molecule has 4 aliphatic rings. The molecule has 0 aliphatic carbocycles. The van der Waals surface area contributed by atoms with Crippen LogP contribution in [0.15, 0.2) is 152 Å². The fourth-order valence-corrected chi connectivity index (χ4v) is 8.18. The van der Waals surface area contributed by atoms with Gasteiger partial charge in [0.1, 0.15) is 55.4 Å². The predicted molar refractivity (Wildman–Crippen MR) is 222 cm³/mol. The summed E-state index contributed by atoms with van der Waals surface area (Å²) in [6, 6.07) is 49.5. The Bertz CT molecular complexity index is 2110. The summed E-state index contributed by atoms with van der Waals surface area (Å²) in [6.45, 7) is 1.16. The largest absolute Gasteiger partial charge is 0.368 e. The molecule has 0 saturated carbocycles. The Kier molecular flexibility index (Phi) is 13.9. The van der Waals surface area contributed by atoms with Crippen molar-refractivity contribution in [3.63, 3.8) is 0 Å². The summed E-state index contributed by atoms with van der Waals surface area (Å²) < 4.78 is 73.6. The average Bonchev–Trinajstić information content (AvgIpc) is 3.33. The van der Waals surface area contributed by atoms with Crippen LogP contribution in [0.4, 0.5) is 0 Å². The van der Waals surface area contributed by atoms with E-state index in [1.54, 1.807) is 0 Å². The molecule has 4 saturated heterocycles. The molecule has 61 heavy (non-hydrogen) atoms. The van der Waals surface area contributed by atoms with Crippen molar-refractivity contribution >= 4 is 0 Å². The van der Waals surface area contributed by atoms with Gasteiger partial charge in [-0.2, -0.15) is 0 Å². The van der Waals surface area contributed by atoms with Crippen molar-refractivity contribution in [3.8, 4) is 12.3 Å². The zero-order valence-corrected chi connectivity index (χ0v) is 33.7. The lowest BCUT2D eigenvalue weighted by molar-refractivity contribution is -0.412. The molecule has 0 N–H and O–H groups in total. The molecule has 9 rings (SSSR count). The Balaban J connectivity index is 1.07. The van der Waals surface area contributed by atoms with Crippen LogP contribution in [0.1, 0.15) is 40.4 Å². The third-order valence-electron chi connectivity index (χ3n) is 11.2. The first kappa shape index (κ1) is 41.6. The van der Waals surface area contributed by atoms with Crippen LogP contribution in [0, 0.1) is 12.3 Å². The highest BCUT2D eigenvalue weighted by molar-refractivity contribution is 5.19. The molecule has 5 aromatic rings. The van der Waals surface area contributed by atoms with Gasteiger partial charge in [0.15, 0.2) is 25.2 Å². The van der Waals surface area contributed by atoms with Crippen LogP contribution in [0.25, 0.3) is 0 Å². The van der Waals surface area contributed by atoms with E-state index in [9.17, 15) is 0 Å². The highest BCUT2D eigenvalue weighted by Gasteiger charge is 2.57. The first-order chi connectivity index (χ1) is 30.2. The fraction of sp³-hybridized carbons (Fsp3) is 0.360. The minimum Gasteiger partial charge on any atom is -0.368 e. The fourth-order valence-electron chi connectivity index (χ4n) is 8.18. The van der Waals surface area contributed by atoms with Crippen LogP contribution in [0.2, 0.25) is 0 Å². The summed E-state index contributed by atoms with van der Waals surface area (Å²) in [6.07, 6.45) is -3.22. The monoisotopic (exact) mass is 826 g/mol. The number of rotatable bonds is 15. The van der Waals surface area contributed by atoms with E-state index in [4.69, 9.17) is 58.5 Å². The number of hydrogen-bond acceptors (Lipinski definition) is 11. The zero-order chi connectivity index (χ0) is 41.2. The average molecular weight is 827 g/mol. The minimum absolute atomic E-state index is 0.0444. The van der Waals surface area contributed by atoms with Crippen LogP contribution >= 0.6 is 0 Å². The van der Waals surface area contributed by atoms with E-state index in [0.717, 1.165) is 27.8 Å². The standard InChI is InChI=1S/C50H50O11/c1-2-28-51-49-46(44(53-30-35-20-10-4-11-21-35)42-39(57-49)32-55-48(60-42)38-26-16-7-17-27-38)61-50-45(54-31-36-22-12-5-13-23-36)43(52-29-34-18-8-3-9-19-34)41-40(58-50)33-56-47(59-41)37-24-14-6-15-25-37/h1,3-27,39-50H,28-33H2/t39-,40-,41-,42-,43+,44+,45+,46+,47?,48?,49+,50+/m1/s1. The van der Waals surface area contributed by atoms with Gasteiger partial charge in [0.2, 0.25) is 0 Å². The van der Waals surface area contributed by atoms with Gasteiger partial charge < -0.3 is 52.1 Å². The summed E-state index contributed by atoms with van der Waals surface area (Å²) in [4.78, 5) is 0. The SMILES string of the molecule is C#CCO[C@H]1O[C@@H]2COC(c3ccccc3)O[C@H]2[C@H](OCc2ccccc2)[C@@H]1O[C@@H]1O[C@@H]2COC(c3ccccc3)O[C@H]2[C@H](OCc2ccccc2)[C@@H]1OCc1ccccc1. The molecule has 0 radical (unpaired) electrons. The molecule has 2 unspecified atom stereocenters. The maximum Gasteiger partial charge on any atom is 0.188 e. The Labute approximate surface area is 356 Å². The van der Waals surface area contributed by atoms with E-state index in [1.165, 1.54) is 0 Å². The number of fused-ring (bicyclic) bond motifs is 2. The second-order valence-corrected chi connectivity index (χ2v) is 15.3. The van der Waals surface area contributed by atoms with Gasteiger partial charge in [-0.3, -0.25) is 0 Å². The van der Waals surface area contributed by atoms with E-state index in [-0.39, 0.29) is 39.6 Å². The normalized spacial score (nSPS) is 31.0. The first-order valence-corrected chi connectivity index (χ1v) is 20.8. The lowest BCUT2D eigenvalue weighted by atomic mass is 9.95. The molecule has 11 nitrogen and oxygen atoms in total. The van der Waals surface area contributed by atoms with Gasteiger partial charge in [-0.05, 0) is 16.7 Å². The first-order valence-electron chi connectivity index (χ1n) is 20.8. The lowest BCUT2D eigenvalue weighted by Gasteiger charge is -2.52. The Morgan fingerprint density at radius 1 is 0.443 bits per heavy atom. The molecule has 5 aromatic carbocycles. The molecule has 0 aromatic heterocycles. The van der Waals surface area contributed by atoms with Crippen molar-refractivity contribution in [2.24, 2.45) is 0 Å².